The summed E-state index contributed by atoms with van der Waals surface area (Å²) >= 11 is 0. The van der Waals surface area contributed by atoms with Crippen LogP contribution in [-0.4, -0.2) is 7.11 Å². The molecule has 2 rings (SSSR count). The maximum absolute atomic E-state index is 5.46. The number of rotatable bonds is 6. The van der Waals surface area contributed by atoms with Gasteiger partial charge < -0.3 is 10.1 Å². The minimum atomic E-state index is 0.311. The van der Waals surface area contributed by atoms with Crippen LogP contribution in [0.1, 0.15) is 36.1 Å². The summed E-state index contributed by atoms with van der Waals surface area (Å²) < 4.78 is 5.46. The van der Waals surface area contributed by atoms with Crippen molar-refractivity contribution in [3.63, 3.8) is 0 Å². The van der Waals surface area contributed by atoms with E-state index in [0.717, 1.165) is 18.7 Å². The smallest absolute Gasteiger partial charge is 0.123 e. The van der Waals surface area contributed by atoms with E-state index >= 15 is 0 Å². The number of hydrogen-bond acceptors (Lipinski definition) is 2. The molecule has 0 aliphatic rings. The average molecular weight is 269 g/mol. The van der Waals surface area contributed by atoms with Gasteiger partial charge in [-0.05, 0) is 30.5 Å². The Hall–Kier alpha value is -1.80. The lowest BCUT2D eigenvalue weighted by atomic mass is 10.0. The van der Waals surface area contributed by atoms with Gasteiger partial charge in [0, 0.05) is 18.2 Å². The lowest BCUT2D eigenvalue weighted by molar-refractivity contribution is 0.396. The van der Waals surface area contributed by atoms with Crippen molar-refractivity contribution in [1.82, 2.24) is 5.32 Å². The van der Waals surface area contributed by atoms with Crippen LogP contribution in [0.4, 0.5) is 0 Å². The Bertz CT molecular complexity index is 551. The molecule has 0 radical (unpaired) electrons. The molecule has 20 heavy (non-hydrogen) atoms. The number of para-hydroxylation sites is 1. The molecule has 0 aliphatic heterocycles. The fraction of sp³-hybridized carbons (Fsp3) is 0.333. The first-order chi connectivity index (χ1) is 9.76. The van der Waals surface area contributed by atoms with Crippen molar-refractivity contribution in [2.75, 3.05) is 7.11 Å². The molecule has 2 heteroatoms. The number of benzene rings is 2. The van der Waals surface area contributed by atoms with Crippen molar-refractivity contribution in [3.8, 4) is 5.75 Å². The molecule has 1 atom stereocenters. The lowest BCUT2D eigenvalue weighted by Crippen LogP contribution is -2.21. The average Bonchev–Trinajstić information content (AvgIpc) is 2.50. The summed E-state index contributed by atoms with van der Waals surface area (Å²) in [5.74, 6) is 0.955. The first-order valence-electron chi connectivity index (χ1n) is 7.17. The van der Waals surface area contributed by atoms with Crippen molar-refractivity contribution in [1.29, 1.82) is 0 Å². The largest absolute Gasteiger partial charge is 0.496 e. The van der Waals surface area contributed by atoms with Gasteiger partial charge in [-0.25, -0.2) is 0 Å². The van der Waals surface area contributed by atoms with E-state index in [9.17, 15) is 0 Å². The first kappa shape index (κ1) is 14.6. The van der Waals surface area contributed by atoms with Gasteiger partial charge in [-0.15, -0.1) is 0 Å². The molecule has 2 nitrogen and oxygen atoms in total. The highest BCUT2D eigenvalue weighted by molar-refractivity contribution is 5.36. The normalized spacial score (nSPS) is 12.2. The van der Waals surface area contributed by atoms with Crippen LogP contribution < -0.4 is 10.1 Å². The Morgan fingerprint density at radius 1 is 1.05 bits per heavy atom. The fourth-order valence-electron chi connectivity index (χ4n) is 2.47. The van der Waals surface area contributed by atoms with Gasteiger partial charge >= 0.3 is 0 Å². The summed E-state index contributed by atoms with van der Waals surface area (Å²) in [4.78, 5) is 0. The minimum absolute atomic E-state index is 0.311. The minimum Gasteiger partial charge on any atom is -0.496 e. The molecular weight excluding hydrogens is 246 g/mol. The standard InChI is InChI=1S/C18H23NO/c1-4-17(16-11-7-8-12-18(16)20-3)19-13-15-10-6-5-9-14(15)2/h5-12,17,19H,4,13H2,1-3H3. The van der Waals surface area contributed by atoms with Crippen LogP contribution in [0.5, 0.6) is 5.75 Å². The summed E-state index contributed by atoms with van der Waals surface area (Å²) in [7, 11) is 1.73. The zero-order valence-electron chi connectivity index (χ0n) is 12.5. The Balaban J connectivity index is 2.11. The second-order valence-corrected chi connectivity index (χ2v) is 5.01. The summed E-state index contributed by atoms with van der Waals surface area (Å²) in [6.45, 7) is 5.23. The molecule has 0 spiro atoms. The predicted molar refractivity (Wildman–Crippen MR) is 84.0 cm³/mol. The lowest BCUT2D eigenvalue weighted by Gasteiger charge is -2.20. The van der Waals surface area contributed by atoms with Gasteiger partial charge in [0.05, 0.1) is 7.11 Å². The maximum Gasteiger partial charge on any atom is 0.123 e. The Kier molecular flexibility index (Phi) is 5.19. The Morgan fingerprint density at radius 2 is 1.75 bits per heavy atom. The monoisotopic (exact) mass is 269 g/mol. The second kappa shape index (κ2) is 7.11. The van der Waals surface area contributed by atoms with Gasteiger partial charge in [0.2, 0.25) is 0 Å². The molecule has 2 aromatic carbocycles. The molecule has 0 aromatic heterocycles. The fourth-order valence-corrected chi connectivity index (χ4v) is 2.47. The van der Waals surface area contributed by atoms with Gasteiger partial charge in [0.25, 0.3) is 0 Å². The predicted octanol–water partition coefficient (Wildman–Crippen LogP) is 4.24. The molecule has 0 heterocycles. The molecule has 0 aliphatic carbocycles. The highest BCUT2D eigenvalue weighted by atomic mass is 16.5. The van der Waals surface area contributed by atoms with Crippen LogP contribution in [0.2, 0.25) is 0 Å². The van der Waals surface area contributed by atoms with E-state index in [1.807, 2.05) is 12.1 Å². The van der Waals surface area contributed by atoms with E-state index in [2.05, 4.69) is 55.6 Å². The molecule has 1 unspecified atom stereocenters. The SMILES string of the molecule is CCC(NCc1ccccc1C)c1ccccc1OC. The van der Waals surface area contributed by atoms with Crippen molar-refractivity contribution < 1.29 is 4.74 Å². The zero-order valence-corrected chi connectivity index (χ0v) is 12.5. The van der Waals surface area contributed by atoms with Crippen molar-refractivity contribution in [3.05, 3.63) is 65.2 Å². The number of nitrogens with one attached hydrogen (secondary N) is 1. The van der Waals surface area contributed by atoms with E-state index in [1.165, 1.54) is 16.7 Å². The van der Waals surface area contributed by atoms with Crippen LogP contribution in [0.25, 0.3) is 0 Å². The highest BCUT2D eigenvalue weighted by Crippen LogP contribution is 2.27. The molecule has 0 saturated carbocycles. The summed E-state index contributed by atoms with van der Waals surface area (Å²) in [5.41, 5.74) is 3.90. The molecule has 106 valence electrons. The number of ether oxygens (including phenoxy) is 1. The molecule has 0 saturated heterocycles. The van der Waals surface area contributed by atoms with Gasteiger partial charge in [-0.3, -0.25) is 0 Å². The van der Waals surface area contributed by atoms with E-state index in [-0.39, 0.29) is 0 Å². The molecule has 0 fully saturated rings. The highest BCUT2D eigenvalue weighted by Gasteiger charge is 2.13. The molecule has 0 amide bonds. The van der Waals surface area contributed by atoms with E-state index in [1.54, 1.807) is 7.11 Å². The Labute approximate surface area is 121 Å². The van der Waals surface area contributed by atoms with E-state index in [4.69, 9.17) is 4.74 Å². The van der Waals surface area contributed by atoms with Gasteiger partial charge in [-0.2, -0.15) is 0 Å². The topological polar surface area (TPSA) is 21.3 Å². The second-order valence-electron chi connectivity index (χ2n) is 5.01. The van der Waals surface area contributed by atoms with Gasteiger partial charge in [0.15, 0.2) is 0 Å². The van der Waals surface area contributed by atoms with E-state index in [0.29, 0.717) is 6.04 Å². The number of methoxy groups -OCH3 is 1. The van der Waals surface area contributed by atoms with Crippen molar-refractivity contribution in [2.24, 2.45) is 0 Å². The van der Waals surface area contributed by atoms with E-state index < -0.39 is 0 Å². The Morgan fingerprint density at radius 3 is 2.45 bits per heavy atom. The summed E-state index contributed by atoms with van der Waals surface area (Å²) in [6, 6.07) is 17.0. The quantitative estimate of drug-likeness (QED) is 0.846. The third kappa shape index (κ3) is 3.40. The third-order valence-corrected chi connectivity index (χ3v) is 3.72. The van der Waals surface area contributed by atoms with Crippen molar-refractivity contribution in [2.45, 2.75) is 32.9 Å². The first-order valence-corrected chi connectivity index (χ1v) is 7.17. The number of aryl methyl sites for hydroxylation is 1. The maximum atomic E-state index is 5.46. The zero-order chi connectivity index (χ0) is 14.4. The van der Waals surface area contributed by atoms with Gasteiger partial charge in [0.1, 0.15) is 5.75 Å². The van der Waals surface area contributed by atoms with Crippen LogP contribution >= 0.6 is 0 Å². The van der Waals surface area contributed by atoms with Crippen molar-refractivity contribution >= 4 is 0 Å². The molecular formula is C18H23NO. The van der Waals surface area contributed by atoms with Gasteiger partial charge in [-0.1, -0.05) is 49.4 Å². The summed E-state index contributed by atoms with van der Waals surface area (Å²) in [5, 5.41) is 3.64. The number of hydrogen-bond donors (Lipinski definition) is 1. The summed E-state index contributed by atoms with van der Waals surface area (Å²) in [6.07, 6.45) is 1.03. The molecule has 1 N–H and O–H groups in total. The molecule has 2 aromatic rings. The molecule has 0 bridgehead atoms. The third-order valence-electron chi connectivity index (χ3n) is 3.72. The van der Waals surface area contributed by atoms with Crippen LogP contribution in [0, 0.1) is 6.92 Å². The van der Waals surface area contributed by atoms with Crippen LogP contribution in [-0.2, 0) is 6.54 Å². The van der Waals surface area contributed by atoms with Crippen LogP contribution in [0.3, 0.4) is 0 Å². The van der Waals surface area contributed by atoms with Crippen LogP contribution in [0.15, 0.2) is 48.5 Å².